The number of aryl methyl sites for hydroxylation is 1. The second kappa shape index (κ2) is 8.18. The molecule has 0 aliphatic carbocycles. The van der Waals surface area contributed by atoms with Crippen LogP contribution >= 0.6 is 0 Å². The van der Waals surface area contributed by atoms with Crippen LogP contribution in [0.2, 0.25) is 0 Å². The second-order valence-corrected chi connectivity index (χ2v) is 6.44. The maximum Gasteiger partial charge on any atom is 0.342 e. The molecule has 0 bridgehead atoms. The lowest BCUT2D eigenvalue weighted by Gasteiger charge is -2.20. The summed E-state index contributed by atoms with van der Waals surface area (Å²) < 4.78 is 11.4. The Morgan fingerprint density at radius 2 is 1.82 bits per heavy atom. The van der Waals surface area contributed by atoms with Gasteiger partial charge in [-0.15, -0.1) is 0 Å². The van der Waals surface area contributed by atoms with Gasteiger partial charge in [0, 0.05) is 6.54 Å². The van der Waals surface area contributed by atoms with Crippen LogP contribution in [0.5, 0.6) is 5.75 Å². The highest BCUT2D eigenvalue weighted by atomic mass is 16.5. The molecule has 4 nitrogen and oxygen atoms in total. The van der Waals surface area contributed by atoms with Crippen LogP contribution < -0.4 is 4.74 Å². The molecule has 124 valence electrons. The highest BCUT2D eigenvalue weighted by Gasteiger charge is 2.22. The number of rotatable bonds is 7. The van der Waals surface area contributed by atoms with E-state index in [0.29, 0.717) is 17.9 Å². The predicted molar refractivity (Wildman–Crippen MR) is 89.9 cm³/mol. The molecule has 0 unspecified atom stereocenters. The predicted octanol–water partition coefficient (Wildman–Crippen LogP) is 3.62. The van der Waals surface area contributed by atoms with Gasteiger partial charge in [0.2, 0.25) is 0 Å². The lowest BCUT2D eigenvalue weighted by atomic mass is 9.96. The van der Waals surface area contributed by atoms with Gasteiger partial charge >= 0.3 is 5.97 Å². The zero-order chi connectivity index (χ0) is 16.9. The Labute approximate surface area is 134 Å². The molecule has 22 heavy (non-hydrogen) atoms. The van der Waals surface area contributed by atoms with Crippen LogP contribution in [0.1, 0.15) is 55.1 Å². The van der Waals surface area contributed by atoms with Crippen molar-refractivity contribution >= 4 is 5.97 Å². The molecule has 1 rings (SSSR count). The average Bonchev–Trinajstić information content (AvgIpc) is 2.36. The first-order valence-electron chi connectivity index (χ1n) is 7.86. The number of hydrogen-bond acceptors (Lipinski definition) is 4. The molecule has 0 N–H and O–H groups in total. The smallest absolute Gasteiger partial charge is 0.342 e. The maximum absolute atomic E-state index is 12.5. The zero-order valence-corrected chi connectivity index (χ0v) is 14.9. The van der Waals surface area contributed by atoms with Gasteiger partial charge < -0.3 is 14.4 Å². The number of benzene rings is 1. The fourth-order valence-electron chi connectivity index (χ4n) is 2.16. The molecular weight excluding hydrogens is 278 g/mol. The van der Waals surface area contributed by atoms with E-state index in [2.05, 4.69) is 18.7 Å². The van der Waals surface area contributed by atoms with Gasteiger partial charge in [-0.3, -0.25) is 0 Å². The van der Waals surface area contributed by atoms with Gasteiger partial charge in [0.1, 0.15) is 17.9 Å². The Balaban J connectivity index is 3.20. The van der Waals surface area contributed by atoms with Crippen molar-refractivity contribution in [1.82, 2.24) is 4.90 Å². The number of nitrogens with zero attached hydrogens (tertiary/aromatic N) is 1. The summed E-state index contributed by atoms with van der Waals surface area (Å²) in [6.07, 6.45) is -0.149. The fourth-order valence-corrected chi connectivity index (χ4v) is 2.16. The van der Waals surface area contributed by atoms with E-state index in [1.54, 1.807) is 0 Å². The average molecular weight is 307 g/mol. The molecule has 1 aromatic carbocycles. The van der Waals surface area contributed by atoms with Gasteiger partial charge in [0.15, 0.2) is 0 Å². The Morgan fingerprint density at radius 3 is 2.32 bits per heavy atom. The first-order valence-corrected chi connectivity index (χ1v) is 7.86. The molecule has 1 aromatic rings. The van der Waals surface area contributed by atoms with E-state index in [9.17, 15) is 4.79 Å². The van der Waals surface area contributed by atoms with Gasteiger partial charge in [0.25, 0.3) is 0 Å². The fraction of sp³-hybridized carbons (Fsp3) is 0.611. The number of carbonyl (C=O) groups is 1. The van der Waals surface area contributed by atoms with E-state index in [-0.39, 0.29) is 18.0 Å². The van der Waals surface area contributed by atoms with Gasteiger partial charge in [-0.05, 0) is 51.9 Å². The van der Waals surface area contributed by atoms with Crippen LogP contribution in [0, 0.1) is 6.92 Å². The molecule has 0 fully saturated rings. The summed E-state index contributed by atoms with van der Waals surface area (Å²) in [6, 6.07) is 4.00. The van der Waals surface area contributed by atoms with E-state index in [1.165, 1.54) is 0 Å². The number of carbonyl (C=O) groups excluding carboxylic acids is 1. The highest BCUT2D eigenvalue weighted by Crippen LogP contribution is 2.33. The summed E-state index contributed by atoms with van der Waals surface area (Å²) in [6.45, 7) is 11.2. The molecule has 0 amide bonds. The van der Waals surface area contributed by atoms with Gasteiger partial charge in [0.05, 0.1) is 6.10 Å². The molecule has 0 saturated heterocycles. The van der Waals surface area contributed by atoms with Gasteiger partial charge in [-0.1, -0.05) is 26.0 Å². The van der Waals surface area contributed by atoms with Crippen LogP contribution in [0.15, 0.2) is 12.1 Å². The SMILES string of the molecule is Cc1ccc(C(C)C)c(OCCN(C)C)c1C(=O)OC(C)C. The van der Waals surface area contributed by atoms with Crippen molar-refractivity contribution in [2.45, 2.75) is 46.6 Å². The third-order valence-corrected chi connectivity index (χ3v) is 3.35. The summed E-state index contributed by atoms with van der Waals surface area (Å²) >= 11 is 0. The lowest BCUT2D eigenvalue weighted by Crippen LogP contribution is -2.21. The summed E-state index contributed by atoms with van der Waals surface area (Å²) in [5, 5.41) is 0. The third kappa shape index (κ3) is 5.02. The molecule has 4 heteroatoms. The Bertz CT molecular complexity index is 507. The standard InChI is InChI=1S/C18H29NO3/c1-12(2)15-9-8-14(5)16(18(20)22-13(3)4)17(15)21-11-10-19(6)7/h8-9,12-13H,10-11H2,1-7H3. The van der Waals surface area contributed by atoms with E-state index in [1.807, 2.05) is 47.0 Å². The molecule has 0 aromatic heterocycles. The summed E-state index contributed by atoms with van der Waals surface area (Å²) in [5.41, 5.74) is 2.48. The van der Waals surface area contributed by atoms with Crippen LogP contribution in [-0.4, -0.2) is 44.2 Å². The number of esters is 1. The molecule has 0 aliphatic rings. The first-order chi connectivity index (χ1) is 10.2. The Morgan fingerprint density at radius 1 is 1.18 bits per heavy atom. The van der Waals surface area contributed by atoms with Crippen molar-refractivity contribution in [2.75, 3.05) is 27.2 Å². The number of likely N-dealkylation sites (N-methyl/N-ethyl adjacent to an activating group) is 1. The van der Waals surface area contributed by atoms with E-state index in [4.69, 9.17) is 9.47 Å². The van der Waals surface area contributed by atoms with Crippen LogP contribution in [0.25, 0.3) is 0 Å². The van der Waals surface area contributed by atoms with Gasteiger partial charge in [-0.2, -0.15) is 0 Å². The number of hydrogen-bond donors (Lipinski definition) is 0. The summed E-state index contributed by atoms with van der Waals surface area (Å²) in [4.78, 5) is 14.5. The lowest BCUT2D eigenvalue weighted by molar-refractivity contribution is 0.0372. The monoisotopic (exact) mass is 307 g/mol. The zero-order valence-electron chi connectivity index (χ0n) is 14.9. The summed E-state index contributed by atoms with van der Waals surface area (Å²) in [5.74, 6) is 0.637. The molecule has 0 radical (unpaired) electrons. The first kappa shape index (κ1) is 18.5. The maximum atomic E-state index is 12.5. The van der Waals surface area contributed by atoms with E-state index < -0.39 is 0 Å². The van der Waals surface area contributed by atoms with Crippen molar-refractivity contribution in [3.05, 3.63) is 28.8 Å². The largest absolute Gasteiger partial charge is 0.491 e. The molecule has 0 atom stereocenters. The molecule has 0 saturated carbocycles. The Kier molecular flexibility index (Phi) is 6.88. The number of ether oxygens (including phenoxy) is 2. The normalized spacial score (nSPS) is 11.4. The minimum absolute atomic E-state index is 0.149. The molecule has 0 spiro atoms. The Hall–Kier alpha value is -1.55. The van der Waals surface area contributed by atoms with Crippen molar-refractivity contribution in [3.8, 4) is 5.75 Å². The van der Waals surface area contributed by atoms with Crippen molar-refractivity contribution < 1.29 is 14.3 Å². The third-order valence-electron chi connectivity index (χ3n) is 3.35. The van der Waals surface area contributed by atoms with E-state index in [0.717, 1.165) is 17.7 Å². The van der Waals surface area contributed by atoms with Crippen molar-refractivity contribution in [1.29, 1.82) is 0 Å². The highest BCUT2D eigenvalue weighted by molar-refractivity contribution is 5.95. The second-order valence-electron chi connectivity index (χ2n) is 6.44. The minimum atomic E-state index is -0.310. The van der Waals surface area contributed by atoms with E-state index >= 15 is 0 Å². The van der Waals surface area contributed by atoms with Gasteiger partial charge in [-0.25, -0.2) is 4.79 Å². The minimum Gasteiger partial charge on any atom is -0.491 e. The molecule has 0 heterocycles. The van der Waals surface area contributed by atoms with Crippen molar-refractivity contribution in [2.24, 2.45) is 0 Å². The van der Waals surface area contributed by atoms with Crippen LogP contribution in [0.4, 0.5) is 0 Å². The topological polar surface area (TPSA) is 38.8 Å². The van der Waals surface area contributed by atoms with Crippen molar-refractivity contribution in [3.63, 3.8) is 0 Å². The molecular formula is C18H29NO3. The molecule has 0 aliphatic heterocycles. The van der Waals surface area contributed by atoms with Crippen LogP contribution in [0.3, 0.4) is 0 Å². The van der Waals surface area contributed by atoms with Crippen LogP contribution in [-0.2, 0) is 4.74 Å². The summed E-state index contributed by atoms with van der Waals surface area (Å²) in [7, 11) is 3.99. The quantitative estimate of drug-likeness (QED) is 0.721.